The zero-order valence-corrected chi connectivity index (χ0v) is 14.1. The third kappa shape index (κ3) is 2.36. The van der Waals surface area contributed by atoms with Gasteiger partial charge in [-0.1, -0.05) is 40.2 Å². The highest BCUT2D eigenvalue weighted by atomic mass is 79.9. The number of hydrogen-bond donors (Lipinski definition) is 0. The number of nitrogens with zero attached hydrogens (tertiary/aromatic N) is 2. The Morgan fingerprint density at radius 3 is 2.43 bits per heavy atom. The predicted molar refractivity (Wildman–Crippen MR) is 92.7 cm³/mol. The molecule has 0 atom stereocenters. The van der Waals surface area contributed by atoms with E-state index in [-0.39, 0.29) is 0 Å². The van der Waals surface area contributed by atoms with Crippen molar-refractivity contribution in [2.75, 3.05) is 0 Å². The number of benzene rings is 2. The van der Waals surface area contributed by atoms with Crippen LogP contribution in [0.25, 0.3) is 0 Å². The Hall–Kier alpha value is -2.12. The maximum Gasteiger partial charge on any atom is 0.206 e. The second kappa shape index (κ2) is 5.50. The van der Waals surface area contributed by atoms with Gasteiger partial charge in [0.15, 0.2) is 5.60 Å². The zero-order valence-electron chi connectivity index (χ0n) is 12.6. The molecule has 0 aromatic heterocycles. The number of ether oxygens (including phenoxy) is 1. The van der Waals surface area contributed by atoms with Gasteiger partial charge in [-0.2, -0.15) is 10.3 Å². The molecule has 1 spiro atoms. The number of hydrogen-bond acceptors (Lipinski definition) is 3. The molecular formula is C19H15BrN2O. The third-order valence-electron chi connectivity index (χ3n) is 4.81. The summed E-state index contributed by atoms with van der Waals surface area (Å²) in [7, 11) is 0. The van der Waals surface area contributed by atoms with Crippen LogP contribution in [0.1, 0.15) is 29.5 Å². The first kappa shape index (κ1) is 14.5. The van der Waals surface area contributed by atoms with E-state index in [1.165, 1.54) is 11.1 Å². The molecule has 2 aromatic rings. The highest BCUT2D eigenvalue weighted by Crippen LogP contribution is 2.43. The van der Waals surface area contributed by atoms with Gasteiger partial charge in [-0.3, -0.25) is 0 Å². The smallest absolute Gasteiger partial charge is 0.206 e. The standard InChI is InChI=1S/C19H15BrN2O/c20-15-5-6-17-16(11-15)18(22-12-21)19(23-17)9-7-13-3-1-2-4-14(13)8-10-19/h1-6,11H,7-10H2/b22-18-. The molecule has 0 amide bonds. The van der Waals surface area contributed by atoms with Crippen LogP contribution in [0.4, 0.5) is 0 Å². The van der Waals surface area contributed by atoms with E-state index >= 15 is 0 Å². The molecule has 0 N–H and O–H groups in total. The fourth-order valence-electron chi connectivity index (χ4n) is 3.67. The van der Waals surface area contributed by atoms with Crippen LogP contribution in [-0.2, 0) is 12.8 Å². The minimum atomic E-state index is -0.488. The van der Waals surface area contributed by atoms with Gasteiger partial charge in [-0.05, 0) is 55.0 Å². The molecule has 0 radical (unpaired) electrons. The van der Waals surface area contributed by atoms with Crippen molar-refractivity contribution in [1.82, 2.24) is 0 Å². The number of aryl methyl sites for hydroxylation is 2. The van der Waals surface area contributed by atoms with Crippen molar-refractivity contribution in [2.24, 2.45) is 4.99 Å². The molecule has 23 heavy (non-hydrogen) atoms. The van der Waals surface area contributed by atoms with Crippen molar-refractivity contribution in [3.63, 3.8) is 0 Å². The molecular weight excluding hydrogens is 352 g/mol. The minimum Gasteiger partial charge on any atom is -0.480 e. The topological polar surface area (TPSA) is 45.4 Å². The molecule has 1 heterocycles. The minimum absolute atomic E-state index is 0.488. The third-order valence-corrected chi connectivity index (χ3v) is 5.30. The van der Waals surface area contributed by atoms with Gasteiger partial charge in [0.2, 0.25) is 6.19 Å². The van der Waals surface area contributed by atoms with Crippen LogP contribution in [0, 0.1) is 11.5 Å². The summed E-state index contributed by atoms with van der Waals surface area (Å²) in [6, 6.07) is 14.5. The molecule has 114 valence electrons. The van der Waals surface area contributed by atoms with Crippen molar-refractivity contribution in [3.8, 4) is 11.9 Å². The average Bonchev–Trinajstić information content (AvgIpc) is 2.73. The number of halogens is 1. The van der Waals surface area contributed by atoms with Crippen LogP contribution < -0.4 is 4.74 Å². The molecule has 2 aromatic carbocycles. The lowest BCUT2D eigenvalue weighted by molar-refractivity contribution is 0.138. The Morgan fingerprint density at radius 2 is 1.78 bits per heavy atom. The van der Waals surface area contributed by atoms with Gasteiger partial charge in [0, 0.05) is 10.0 Å². The first-order chi connectivity index (χ1) is 11.2. The summed E-state index contributed by atoms with van der Waals surface area (Å²) in [5.74, 6) is 0.827. The average molecular weight is 367 g/mol. The number of rotatable bonds is 0. The summed E-state index contributed by atoms with van der Waals surface area (Å²) in [5.41, 5.74) is 3.98. The van der Waals surface area contributed by atoms with Gasteiger partial charge >= 0.3 is 0 Å². The van der Waals surface area contributed by atoms with Gasteiger partial charge in [0.25, 0.3) is 0 Å². The molecule has 0 saturated heterocycles. The monoisotopic (exact) mass is 366 g/mol. The molecule has 0 unspecified atom stereocenters. The SMILES string of the molecule is N#C/N=C1/c2cc(Br)ccc2OC12CCc1ccccc1CC2. The second-order valence-corrected chi connectivity index (χ2v) is 6.98. The fraction of sp³-hybridized carbons (Fsp3) is 0.263. The molecule has 2 aliphatic rings. The van der Waals surface area contributed by atoms with E-state index in [0.29, 0.717) is 0 Å². The Bertz CT molecular complexity index is 824. The highest BCUT2D eigenvalue weighted by molar-refractivity contribution is 9.10. The quantitative estimate of drug-likeness (QED) is 0.647. The Labute approximate surface area is 143 Å². The van der Waals surface area contributed by atoms with E-state index in [1.54, 1.807) is 0 Å². The van der Waals surface area contributed by atoms with Gasteiger partial charge < -0.3 is 4.74 Å². The lowest BCUT2D eigenvalue weighted by atomic mass is 9.87. The molecule has 0 saturated carbocycles. The van der Waals surface area contributed by atoms with Crippen LogP contribution in [0.3, 0.4) is 0 Å². The molecule has 1 aliphatic heterocycles. The van der Waals surface area contributed by atoms with Crippen LogP contribution in [0.15, 0.2) is 51.9 Å². The van der Waals surface area contributed by atoms with Crippen LogP contribution in [0.2, 0.25) is 0 Å². The fourth-order valence-corrected chi connectivity index (χ4v) is 4.04. The summed E-state index contributed by atoms with van der Waals surface area (Å²) in [6.07, 6.45) is 5.54. The van der Waals surface area contributed by atoms with E-state index in [2.05, 4.69) is 45.2 Å². The maximum absolute atomic E-state index is 9.17. The Balaban J connectivity index is 1.78. The van der Waals surface area contributed by atoms with Crippen LogP contribution >= 0.6 is 15.9 Å². The normalized spacial score (nSPS) is 19.6. The molecule has 0 bridgehead atoms. The Kier molecular flexibility index (Phi) is 3.46. The van der Waals surface area contributed by atoms with Crippen molar-refractivity contribution in [1.29, 1.82) is 5.26 Å². The number of aliphatic imine (C=N–C) groups is 1. The summed E-state index contributed by atoms with van der Waals surface area (Å²) in [6.45, 7) is 0. The van der Waals surface area contributed by atoms with Gasteiger partial charge in [-0.25, -0.2) is 0 Å². The van der Waals surface area contributed by atoms with Gasteiger partial charge in [0.05, 0.1) is 0 Å². The lowest BCUT2D eigenvalue weighted by Crippen LogP contribution is -2.40. The van der Waals surface area contributed by atoms with Crippen LogP contribution in [0.5, 0.6) is 5.75 Å². The second-order valence-electron chi connectivity index (χ2n) is 6.07. The Morgan fingerprint density at radius 1 is 1.09 bits per heavy atom. The van der Waals surface area contributed by atoms with Crippen molar-refractivity contribution < 1.29 is 4.74 Å². The largest absolute Gasteiger partial charge is 0.480 e. The molecule has 0 fully saturated rings. The number of fused-ring (bicyclic) bond motifs is 2. The lowest BCUT2D eigenvalue weighted by Gasteiger charge is -2.27. The van der Waals surface area contributed by atoms with E-state index in [4.69, 9.17) is 4.74 Å². The van der Waals surface area contributed by atoms with Crippen LogP contribution in [-0.4, -0.2) is 11.3 Å². The number of nitriles is 1. The maximum atomic E-state index is 9.17. The van der Waals surface area contributed by atoms with E-state index in [9.17, 15) is 5.26 Å². The van der Waals surface area contributed by atoms with Gasteiger partial charge in [-0.15, -0.1) is 0 Å². The summed E-state index contributed by atoms with van der Waals surface area (Å²) in [5, 5.41) is 9.17. The first-order valence-corrected chi connectivity index (χ1v) is 8.54. The molecule has 4 rings (SSSR count). The molecule has 3 nitrogen and oxygen atoms in total. The van der Waals surface area contributed by atoms with E-state index < -0.39 is 5.60 Å². The molecule has 4 heteroatoms. The van der Waals surface area contributed by atoms with Crippen molar-refractivity contribution in [3.05, 3.63) is 63.6 Å². The van der Waals surface area contributed by atoms with E-state index in [0.717, 1.165) is 47.2 Å². The van der Waals surface area contributed by atoms with E-state index in [1.807, 2.05) is 24.4 Å². The zero-order chi connectivity index (χ0) is 15.9. The highest BCUT2D eigenvalue weighted by Gasteiger charge is 2.46. The molecule has 1 aliphatic carbocycles. The predicted octanol–water partition coefficient (Wildman–Crippen LogP) is 4.43. The summed E-state index contributed by atoms with van der Waals surface area (Å²) < 4.78 is 7.34. The summed E-state index contributed by atoms with van der Waals surface area (Å²) in [4.78, 5) is 4.16. The first-order valence-electron chi connectivity index (χ1n) is 7.75. The van der Waals surface area contributed by atoms with Gasteiger partial charge in [0.1, 0.15) is 11.5 Å². The van der Waals surface area contributed by atoms with Crippen molar-refractivity contribution in [2.45, 2.75) is 31.3 Å². The van der Waals surface area contributed by atoms with Crippen molar-refractivity contribution >= 4 is 21.6 Å². The summed E-state index contributed by atoms with van der Waals surface area (Å²) >= 11 is 3.50.